The lowest BCUT2D eigenvalue weighted by atomic mass is 9.91. The van der Waals surface area contributed by atoms with Crippen molar-refractivity contribution in [3.63, 3.8) is 0 Å². The normalized spacial score (nSPS) is 12.0. The van der Waals surface area contributed by atoms with Crippen LogP contribution in [-0.2, 0) is 0 Å². The minimum Gasteiger partial charge on any atom is -0.287 e. The van der Waals surface area contributed by atoms with E-state index in [2.05, 4.69) is 109 Å². The first-order valence-corrected chi connectivity index (χ1v) is 15.7. The molecular weight excluding hydrogens is 576 g/mol. The lowest BCUT2D eigenvalue weighted by Gasteiger charge is -2.12. The molecule has 44 heavy (non-hydrogen) atoms. The quantitative estimate of drug-likeness (QED) is 0.151. The van der Waals surface area contributed by atoms with E-state index in [0.717, 1.165) is 32.5 Å². The summed E-state index contributed by atoms with van der Waals surface area (Å²) in [6.45, 7) is 0. The summed E-state index contributed by atoms with van der Waals surface area (Å²) in [6, 6.07) is 49.2. The van der Waals surface area contributed by atoms with Crippen molar-refractivity contribution in [1.82, 2.24) is 0 Å². The van der Waals surface area contributed by atoms with Crippen LogP contribution in [0.15, 0.2) is 150 Å². The molecule has 8 aromatic rings. The minimum atomic E-state index is -0.0735. The predicted octanol–water partition coefficient (Wildman–Crippen LogP) is 12.0. The first-order chi connectivity index (χ1) is 21.6. The monoisotopic (exact) mass is 600 g/mol. The molecule has 1 aromatic heterocycles. The zero-order valence-electron chi connectivity index (χ0n) is 23.6. The second-order valence-corrected chi connectivity index (χ2v) is 12.2. The van der Waals surface area contributed by atoms with Gasteiger partial charge >= 0.3 is 0 Å². The lowest BCUT2D eigenvalue weighted by molar-refractivity contribution is 1.53. The van der Waals surface area contributed by atoms with Crippen molar-refractivity contribution < 1.29 is 0 Å². The number of aliphatic imine (C=N–C) groups is 1. The predicted molar refractivity (Wildman–Crippen MR) is 191 cm³/mol. The fourth-order valence-corrected chi connectivity index (χ4v) is 7.21. The summed E-state index contributed by atoms with van der Waals surface area (Å²) in [5.41, 5.74) is 6.74. The van der Waals surface area contributed by atoms with E-state index in [1.165, 1.54) is 43.4 Å². The Morgan fingerprint density at radius 2 is 1.02 bits per heavy atom. The Hall–Kier alpha value is -5.09. The molecule has 0 amide bonds. The molecular formula is C40H25ClN2S. The van der Waals surface area contributed by atoms with Gasteiger partial charge in [0, 0.05) is 21.0 Å². The maximum Gasteiger partial charge on any atom is 0.147 e. The van der Waals surface area contributed by atoms with E-state index in [1.54, 1.807) is 11.3 Å². The minimum absolute atomic E-state index is 0.0735. The van der Waals surface area contributed by atoms with Crippen molar-refractivity contribution in [1.29, 1.82) is 5.41 Å². The molecule has 8 rings (SSSR count). The van der Waals surface area contributed by atoms with Crippen LogP contribution in [0.3, 0.4) is 0 Å². The highest BCUT2D eigenvalue weighted by atomic mass is 35.5. The van der Waals surface area contributed by atoms with Gasteiger partial charge in [0.2, 0.25) is 0 Å². The number of halogens is 1. The zero-order valence-corrected chi connectivity index (χ0v) is 25.2. The molecule has 0 fully saturated rings. The van der Waals surface area contributed by atoms with Crippen molar-refractivity contribution in [3.05, 3.63) is 150 Å². The standard InChI is InChI=1S/C40H25ClN2S/c41-40(42)39(25-9-2-1-3-10-25)43-37-24-44-38-20-18-29(23-36(37)38)27-12-8-11-26(21-27)28-17-19-34-32-15-5-4-13-30(32)31-14-6-7-16-33(31)35(34)22-28/h1-24,42H. The Morgan fingerprint density at radius 3 is 1.66 bits per heavy atom. The number of hydrogen-bond acceptors (Lipinski definition) is 3. The molecule has 4 heteroatoms. The van der Waals surface area contributed by atoms with Gasteiger partial charge in [0.05, 0.1) is 5.69 Å². The number of benzene rings is 7. The van der Waals surface area contributed by atoms with Gasteiger partial charge in [-0.3, -0.25) is 5.41 Å². The van der Waals surface area contributed by atoms with Crippen LogP contribution in [0.4, 0.5) is 5.69 Å². The molecule has 7 aromatic carbocycles. The van der Waals surface area contributed by atoms with E-state index in [1.807, 2.05) is 35.7 Å². The topological polar surface area (TPSA) is 36.2 Å². The molecule has 2 nitrogen and oxygen atoms in total. The SMILES string of the molecule is N=C(Cl)C(=Nc1csc2ccc(-c3cccc(-c4ccc5c6ccccc6c6ccccc6c5c4)c3)cc12)c1ccccc1. The first-order valence-electron chi connectivity index (χ1n) is 14.5. The van der Waals surface area contributed by atoms with E-state index in [4.69, 9.17) is 22.0 Å². The maximum atomic E-state index is 8.15. The van der Waals surface area contributed by atoms with Gasteiger partial charge in [-0.2, -0.15) is 0 Å². The second kappa shape index (κ2) is 10.9. The van der Waals surface area contributed by atoms with E-state index in [9.17, 15) is 0 Å². The largest absolute Gasteiger partial charge is 0.287 e. The van der Waals surface area contributed by atoms with Crippen molar-refractivity contribution in [2.45, 2.75) is 0 Å². The molecule has 0 bridgehead atoms. The number of nitrogens with one attached hydrogen (secondary N) is 1. The summed E-state index contributed by atoms with van der Waals surface area (Å²) in [5, 5.41) is 18.8. The van der Waals surface area contributed by atoms with Crippen LogP contribution in [0, 0.1) is 5.41 Å². The number of nitrogens with zero attached hydrogens (tertiary/aromatic N) is 1. The fraction of sp³-hybridized carbons (Fsp3) is 0. The Morgan fingerprint density at radius 1 is 0.500 bits per heavy atom. The third kappa shape index (κ3) is 4.58. The number of hydrogen-bond donors (Lipinski definition) is 1. The molecule has 1 N–H and O–H groups in total. The van der Waals surface area contributed by atoms with E-state index in [-0.39, 0.29) is 5.17 Å². The molecule has 0 saturated heterocycles. The van der Waals surface area contributed by atoms with E-state index >= 15 is 0 Å². The zero-order chi connectivity index (χ0) is 29.6. The van der Waals surface area contributed by atoms with Crippen molar-refractivity contribution in [2.24, 2.45) is 4.99 Å². The highest BCUT2D eigenvalue weighted by molar-refractivity contribution is 7.17. The molecule has 0 unspecified atom stereocenters. The highest BCUT2D eigenvalue weighted by Crippen LogP contribution is 2.39. The average Bonchev–Trinajstić information content (AvgIpc) is 3.49. The first kappa shape index (κ1) is 26.5. The number of rotatable bonds is 5. The Labute approximate surface area is 264 Å². The van der Waals surface area contributed by atoms with Gasteiger partial charge in [0.25, 0.3) is 0 Å². The van der Waals surface area contributed by atoms with Crippen LogP contribution in [0.5, 0.6) is 0 Å². The van der Waals surface area contributed by atoms with Gasteiger partial charge < -0.3 is 0 Å². The molecule has 0 aliphatic carbocycles. The molecule has 208 valence electrons. The van der Waals surface area contributed by atoms with Crippen LogP contribution < -0.4 is 0 Å². The maximum absolute atomic E-state index is 8.15. The Kier molecular flexibility index (Phi) is 6.56. The third-order valence-corrected chi connectivity index (χ3v) is 9.44. The van der Waals surface area contributed by atoms with Gasteiger partial charge in [0.1, 0.15) is 10.9 Å². The van der Waals surface area contributed by atoms with Crippen molar-refractivity contribution in [2.75, 3.05) is 0 Å². The summed E-state index contributed by atoms with van der Waals surface area (Å²) in [6.07, 6.45) is 0. The summed E-state index contributed by atoms with van der Waals surface area (Å²) in [7, 11) is 0. The van der Waals surface area contributed by atoms with Gasteiger partial charge in [-0.1, -0.05) is 127 Å². The Bertz CT molecular complexity index is 2390. The van der Waals surface area contributed by atoms with Crippen LogP contribution in [0.25, 0.3) is 64.7 Å². The van der Waals surface area contributed by atoms with Gasteiger partial charge in [-0.25, -0.2) is 4.99 Å². The van der Waals surface area contributed by atoms with Crippen LogP contribution in [-0.4, -0.2) is 10.9 Å². The summed E-state index contributed by atoms with van der Waals surface area (Å²) in [5.74, 6) is 0. The van der Waals surface area contributed by atoms with Gasteiger partial charge in [-0.15, -0.1) is 11.3 Å². The molecule has 0 saturated carbocycles. The summed E-state index contributed by atoms with van der Waals surface area (Å²) in [4.78, 5) is 4.86. The van der Waals surface area contributed by atoms with E-state index in [0.29, 0.717) is 5.71 Å². The lowest BCUT2D eigenvalue weighted by Crippen LogP contribution is -2.07. The van der Waals surface area contributed by atoms with Crippen LogP contribution in [0.1, 0.15) is 5.56 Å². The summed E-state index contributed by atoms with van der Waals surface area (Å²) >= 11 is 7.85. The van der Waals surface area contributed by atoms with Gasteiger partial charge in [0.15, 0.2) is 0 Å². The van der Waals surface area contributed by atoms with Gasteiger partial charge in [-0.05, 0) is 78.8 Å². The van der Waals surface area contributed by atoms with Crippen LogP contribution in [0.2, 0.25) is 0 Å². The summed E-state index contributed by atoms with van der Waals surface area (Å²) < 4.78 is 1.14. The molecule has 0 atom stereocenters. The molecule has 1 heterocycles. The molecule has 0 aliphatic heterocycles. The number of fused-ring (bicyclic) bond motifs is 7. The Balaban J connectivity index is 1.23. The molecule has 0 aliphatic rings. The molecule has 0 spiro atoms. The smallest absolute Gasteiger partial charge is 0.147 e. The average molecular weight is 601 g/mol. The van der Waals surface area contributed by atoms with Crippen molar-refractivity contribution >= 4 is 81.9 Å². The number of thiophene rings is 1. The highest BCUT2D eigenvalue weighted by Gasteiger charge is 2.13. The molecule has 0 radical (unpaired) electrons. The third-order valence-electron chi connectivity index (χ3n) is 8.31. The van der Waals surface area contributed by atoms with Crippen LogP contribution >= 0.6 is 22.9 Å². The second-order valence-electron chi connectivity index (χ2n) is 10.9. The van der Waals surface area contributed by atoms with Crippen molar-refractivity contribution in [3.8, 4) is 22.3 Å². The fourth-order valence-electron chi connectivity index (χ4n) is 6.20. The van der Waals surface area contributed by atoms with E-state index < -0.39 is 0 Å².